The molecule has 1 amide bonds. The number of carboxylic acids is 1. The fourth-order valence-corrected chi connectivity index (χ4v) is 3.64. The van der Waals surface area contributed by atoms with Crippen LogP contribution in [0.15, 0.2) is 6.20 Å². The molecule has 2 heterocycles. The Morgan fingerprint density at radius 2 is 2.00 bits per heavy atom. The van der Waals surface area contributed by atoms with Gasteiger partial charge in [0.15, 0.2) is 5.69 Å². The minimum Gasteiger partial charge on any atom is -0.480 e. The average molecular weight is 292 g/mol. The van der Waals surface area contributed by atoms with Crippen molar-refractivity contribution >= 4 is 11.9 Å². The van der Waals surface area contributed by atoms with Crippen molar-refractivity contribution in [2.24, 2.45) is 5.92 Å². The van der Waals surface area contributed by atoms with Crippen LogP contribution < -0.4 is 0 Å². The van der Waals surface area contributed by atoms with Gasteiger partial charge < -0.3 is 10.0 Å². The Bertz CT molecular complexity index is 540. The van der Waals surface area contributed by atoms with Crippen LogP contribution in [0.1, 0.15) is 49.0 Å². The molecule has 2 aliphatic rings. The molecular weight excluding hydrogens is 272 g/mol. The maximum atomic E-state index is 12.6. The van der Waals surface area contributed by atoms with Crippen molar-refractivity contribution in [1.29, 1.82) is 0 Å². The summed E-state index contributed by atoms with van der Waals surface area (Å²) in [5, 5.41) is 16.3. The monoisotopic (exact) mass is 292 g/mol. The summed E-state index contributed by atoms with van der Waals surface area (Å²) in [7, 11) is 0. The molecule has 1 saturated heterocycles. The highest BCUT2D eigenvalue weighted by molar-refractivity contribution is 5.92. The third kappa shape index (κ3) is 2.91. The predicted molar refractivity (Wildman–Crippen MR) is 73.7 cm³/mol. The topological polar surface area (TPSA) is 88.3 Å². The highest BCUT2D eigenvalue weighted by Crippen LogP contribution is 2.35. The molecule has 2 atom stereocenters. The Hall–Kier alpha value is -1.92. The molecule has 2 fully saturated rings. The first-order valence-corrected chi connectivity index (χ1v) is 7.58. The molecule has 1 aliphatic heterocycles. The number of piperidine rings is 1. The number of aromatic nitrogens is 3. The molecule has 0 aromatic carbocycles. The van der Waals surface area contributed by atoms with Crippen molar-refractivity contribution in [3.63, 3.8) is 0 Å². The van der Waals surface area contributed by atoms with Crippen LogP contribution in [-0.4, -0.2) is 49.5 Å². The summed E-state index contributed by atoms with van der Waals surface area (Å²) in [5.41, 5.74) is 0.252. The van der Waals surface area contributed by atoms with Gasteiger partial charge in [-0.05, 0) is 31.6 Å². The fourth-order valence-electron chi connectivity index (χ4n) is 3.64. The minimum atomic E-state index is -0.996. The molecule has 0 bridgehead atoms. The Morgan fingerprint density at radius 3 is 2.81 bits per heavy atom. The number of nitrogens with zero attached hydrogens (tertiary/aromatic N) is 4. The van der Waals surface area contributed by atoms with Crippen LogP contribution in [0.3, 0.4) is 0 Å². The summed E-state index contributed by atoms with van der Waals surface area (Å²) in [4.78, 5) is 25.2. The third-order valence-electron chi connectivity index (χ3n) is 4.56. The molecule has 0 unspecified atom stereocenters. The van der Waals surface area contributed by atoms with Gasteiger partial charge in [-0.3, -0.25) is 9.59 Å². The first kappa shape index (κ1) is 14.0. The lowest BCUT2D eigenvalue weighted by Gasteiger charge is -2.43. The third-order valence-corrected chi connectivity index (χ3v) is 4.56. The summed E-state index contributed by atoms with van der Waals surface area (Å²) < 4.78 is 1.19. The molecular formula is C14H20N4O3. The first-order valence-electron chi connectivity index (χ1n) is 7.58. The number of hydrogen-bond donors (Lipinski definition) is 1. The van der Waals surface area contributed by atoms with Crippen molar-refractivity contribution in [2.45, 2.75) is 51.1 Å². The SMILES string of the molecule is O=C(O)Cn1cc(C(=O)N2CCC[C@H]3CCCC[C@H]32)nn1. The number of likely N-dealkylation sites (tertiary alicyclic amines) is 1. The maximum absolute atomic E-state index is 12.6. The van der Waals surface area contributed by atoms with Gasteiger partial charge in [-0.2, -0.15) is 0 Å². The van der Waals surface area contributed by atoms with Crippen LogP contribution in [0.5, 0.6) is 0 Å². The lowest BCUT2D eigenvalue weighted by molar-refractivity contribution is -0.137. The lowest BCUT2D eigenvalue weighted by atomic mass is 9.78. The second kappa shape index (κ2) is 5.83. The Balaban J connectivity index is 1.74. The van der Waals surface area contributed by atoms with Gasteiger partial charge >= 0.3 is 5.97 Å². The summed E-state index contributed by atoms with van der Waals surface area (Å²) in [6, 6.07) is 0.324. The molecule has 1 aromatic heterocycles. The van der Waals surface area contributed by atoms with Crippen molar-refractivity contribution < 1.29 is 14.7 Å². The van der Waals surface area contributed by atoms with Crippen molar-refractivity contribution in [3.05, 3.63) is 11.9 Å². The van der Waals surface area contributed by atoms with Gasteiger partial charge in [0, 0.05) is 12.6 Å². The second-order valence-corrected chi connectivity index (χ2v) is 5.95. The number of carbonyl (C=O) groups excluding carboxylic acids is 1. The fraction of sp³-hybridized carbons (Fsp3) is 0.714. The molecule has 21 heavy (non-hydrogen) atoms. The van der Waals surface area contributed by atoms with E-state index in [1.54, 1.807) is 0 Å². The van der Waals surface area contributed by atoms with Gasteiger partial charge in [0.05, 0.1) is 6.20 Å². The zero-order valence-corrected chi connectivity index (χ0v) is 11.9. The van der Waals surface area contributed by atoms with E-state index in [9.17, 15) is 9.59 Å². The summed E-state index contributed by atoms with van der Waals surface area (Å²) in [6.07, 6.45) is 8.40. The molecule has 0 spiro atoms. The van der Waals surface area contributed by atoms with Crippen LogP contribution in [0.4, 0.5) is 0 Å². The van der Waals surface area contributed by atoms with E-state index in [4.69, 9.17) is 5.11 Å². The summed E-state index contributed by atoms with van der Waals surface area (Å²) in [6.45, 7) is 0.498. The molecule has 7 heteroatoms. The first-order chi connectivity index (χ1) is 10.1. The van der Waals surface area contributed by atoms with Crippen LogP contribution in [0.2, 0.25) is 0 Å². The Morgan fingerprint density at radius 1 is 1.24 bits per heavy atom. The van der Waals surface area contributed by atoms with Gasteiger partial charge in [0.25, 0.3) is 5.91 Å². The van der Waals surface area contributed by atoms with Gasteiger partial charge in [0.2, 0.25) is 0 Å². The molecule has 1 saturated carbocycles. The van der Waals surface area contributed by atoms with Gasteiger partial charge in [-0.1, -0.05) is 18.1 Å². The van der Waals surface area contributed by atoms with E-state index in [1.165, 1.54) is 36.6 Å². The van der Waals surface area contributed by atoms with Crippen LogP contribution in [-0.2, 0) is 11.3 Å². The normalized spacial score (nSPS) is 25.4. The molecule has 114 valence electrons. The minimum absolute atomic E-state index is 0.108. The second-order valence-electron chi connectivity index (χ2n) is 5.95. The number of fused-ring (bicyclic) bond motifs is 1. The number of hydrogen-bond acceptors (Lipinski definition) is 4. The van der Waals surface area contributed by atoms with Crippen LogP contribution in [0, 0.1) is 5.92 Å². The number of carbonyl (C=O) groups is 2. The summed E-state index contributed by atoms with van der Waals surface area (Å²) >= 11 is 0. The van der Waals surface area contributed by atoms with Crippen molar-refractivity contribution in [2.75, 3.05) is 6.54 Å². The number of rotatable bonds is 3. The van der Waals surface area contributed by atoms with E-state index < -0.39 is 5.97 Å². The van der Waals surface area contributed by atoms with E-state index in [0.29, 0.717) is 12.0 Å². The van der Waals surface area contributed by atoms with Crippen molar-refractivity contribution in [1.82, 2.24) is 19.9 Å². The zero-order valence-electron chi connectivity index (χ0n) is 11.9. The summed E-state index contributed by atoms with van der Waals surface area (Å²) in [5.74, 6) is -0.488. The number of amides is 1. The van der Waals surface area contributed by atoms with E-state index in [0.717, 1.165) is 19.4 Å². The molecule has 1 N–H and O–H groups in total. The quantitative estimate of drug-likeness (QED) is 0.903. The van der Waals surface area contributed by atoms with E-state index in [1.807, 2.05) is 4.90 Å². The van der Waals surface area contributed by atoms with Crippen LogP contribution >= 0.6 is 0 Å². The lowest BCUT2D eigenvalue weighted by Crippen LogP contribution is -2.49. The van der Waals surface area contributed by atoms with Gasteiger partial charge in [-0.25, -0.2) is 4.68 Å². The average Bonchev–Trinajstić information content (AvgIpc) is 2.93. The molecule has 1 aliphatic carbocycles. The van der Waals surface area contributed by atoms with E-state index in [-0.39, 0.29) is 18.1 Å². The smallest absolute Gasteiger partial charge is 0.325 e. The Kier molecular flexibility index (Phi) is 3.90. The Labute approximate surface area is 122 Å². The van der Waals surface area contributed by atoms with Gasteiger partial charge in [-0.15, -0.1) is 5.10 Å². The highest BCUT2D eigenvalue weighted by Gasteiger charge is 2.36. The molecule has 3 rings (SSSR count). The predicted octanol–water partition coefficient (Wildman–Crippen LogP) is 1.16. The molecule has 7 nitrogen and oxygen atoms in total. The van der Waals surface area contributed by atoms with Crippen molar-refractivity contribution in [3.8, 4) is 0 Å². The molecule has 1 aromatic rings. The maximum Gasteiger partial charge on any atom is 0.325 e. The highest BCUT2D eigenvalue weighted by atomic mass is 16.4. The zero-order chi connectivity index (χ0) is 14.8. The molecule has 0 radical (unpaired) electrons. The number of aliphatic carboxylic acids is 1. The van der Waals surface area contributed by atoms with Gasteiger partial charge in [0.1, 0.15) is 6.54 Å². The van der Waals surface area contributed by atoms with E-state index >= 15 is 0 Å². The van der Waals surface area contributed by atoms with Crippen LogP contribution in [0.25, 0.3) is 0 Å². The largest absolute Gasteiger partial charge is 0.480 e. The van der Waals surface area contributed by atoms with E-state index in [2.05, 4.69) is 10.3 Å². The standard InChI is InChI=1S/C14H20N4O3/c19-13(20)9-17-8-11(15-16-17)14(21)18-7-3-5-10-4-1-2-6-12(10)18/h8,10,12H,1-7,9H2,(H,19,20)/t10-,12-/m1/s1. The number of carboxylic acid groups (broad SMARTS) is 1.